The van der Waals surface area contributed by atoms with Crippen molar-refractivity contribution in [2.24, 2.45) is 7.05 Å². The fraction of sp³-hybridized carbons (Fsp3) is 0.179. The maximum atomic E-state index is 12.5. The van der Waals surface area contributed by atoms with Gasteiger partial charge in [0.25, 0.3) is 5.56 Å². The smallest absolute Gasteiger partial charge is 0.254 e. The van der Waals surface area contributed by atoms with Gasteiger partial charge in [-0.2, -0.15) is 0 Å². The Bertz CT molecular complexity index is 1560. The summed E-state index contributed by atoms with van der Waals surface area (Å²) in [4.78, 5) is 34.7. The maximum absolute atomic E-state index is 12.5. The summed E-state index contributed by atoms with van der Waals surface area (Å²) in [5, 5.41) is 3.90. The van der Waals surface area contributed by atoms with Crippen LogP contribution in [0.1, 0.15) is 11.1 Å². The van der Waals surface area contributed by atoms with E-state index < -0.39 is 0 Å². The Morgan fingerprint density at radius 2 is 2.09 bits per heavy atom. The van der Waals surface area contributed by atoms with Crippen molar-refractivity contribution in [2.45, 2.75) is 6.42 Å². The molecule has 1 aliphatic carbocycles. The van der Waals surface area contributed by atoms with Gasteiger partial charge in [0, 0.05) is 71.6 Å². The number of aromatic amines is 1. The number of H-pyrrole nitrogens is 1. The molecule has 0 spiro atoms. The molecular weight excluding hydrogens is 438 g/mol. The molecule has 7 heteroatoms. The molecule has 1 aromatic carbocycles. The molecule has 4 aromatic rings. The van der Waals surface area contributed by atoms with Gasteiger partial charge < -0.3 is 19.8 Å². The van der Waals surface area contributed by atoms with Crippen LogP contribution in [0.2, 0.25) is 0 Å². The van der Waals surface area contributed by atoms with E-state index >= 15 is 0 Å². The molecule has 7 nitrogen and oxygen atoms in total. The van der Waals surface area contributed by atoms with E-state index in [0.717, 1.165) is 50.1 Å². The van der Waals surface area contributed by atoms with Gasteiger partial charge in [-0.1, -0.05) is 30.4 Å². The van der Waals surface area contributed by atoms with Crippen molar-refractivity contribution >= 4 is 28.7 Å². The van der Waals surface area contributed by atoms with E-state index in [0.29, 0.717) is 13.0 Å². The predicted molar refractivity (Wildman–Crippen MR) is 141 cm³/mol. The van der Waals surface area contributed by atoms with E-state index in [2.05, 4.69) is 21.4 Å². The van der Waals surface area contributed by atoms with Gasteiger partial charge in [-0.15, -0.1) is 0 Å². The number of aromatic nitrogens is 3. The molecule has 0 unspecified atom stereocenters. The number of hydrogen-bond acceptors (Lipinski definition) is 4. The minimum atomic E-state index is -0.165. The molecule has 0 saturated carbocycles. The number of anilines is 1. The highest BCUT2D eigenvalue weighted by Gasteiger charge is 2.19. The number of aryl methyl sites for hydroxylation is 1. The molecule has 0 saturated heterocycles. The van der Waals surface area contributed by atoms with E-state index in [1.54, 1.807) is 17.7 Å². The van der Waals surface area contributed by atoms with Crippen LogP contribution in [0.3, 0.4) is 0 Å². The van der Waals surface area contributed by atoms with E-state index in [1.807, 2.05) is 80.1 Å². The first kappa shape index (κ1) is 22.6. The largest absolute Gasteiger partial charge is 0.346 e. The number of carbonyl (C=O) groups excluding carboxylic acids is 1. The average Bonchev–Trinajstić information content (AvgIpc) is 3.49. The van der Waals surface area contributed by atoms with Crippen LogP contribution in [-0.4, -0.2) is 46.0 Å². The number of likely N-dealkylation sites (N-methyl/N-ethyl adjacent to an activating group) is 1. The zero-order valence-electron chi connectivity index (χ0n) is 20.0. The predicted octanol–water partition coefficient (Wildman–Crippen LogP) is 4.22. The number of hydrogen-bond donors (Lipinski definition) is 2. The van der Waals surface area contributed by atoms with E-state index in [4.69, 9.17) is 0 Å². The average molecular weight is 466 g/mol. The summed E-state index contributed by atoms with van der Waals surface area (Å²) in [6.07, 6.45) is 13.8. The van der Waals surface area contributed by atoms with Crippen molar-refractivity contribution in [2.75, 3.05) is 26.0 Å². The van der Waals surface area contributed by atoms with Gasteiger partial charge in [-0.05, 0) is 49.8 Å². The normalized spacial score (nSPS) is 12.7. The van der Waals surface area contributed by atoms with Crippen LogP contribution >= 0.6 is 0 Å². The van der Waals surface area contributed by atoms with Gasteiger partial charge >= 0.3 is 0 Å². The molecule has 0 bridgehead atoms. The molecule has 35 heavy (non-hydrogen) atoms. The van der Waals surface area contributed by atoms with Crippen LogP contribution < -0.4 is 10.9 Å². The van der Waals surface area contributed by atoms with Gasteiger partial charge in [-0.25, -0.2) is 4.98 Å². The summed E-state index contributed by atoms with van der Waals surface area (Å²) in [6.45, 7) is 0.701. The van der Waals surface area contributed by atoms with Gasteiger partial charge in [-0.3, -0.25) is 9.59 Å². The molecule has 0 atom stereocenters. The van der Waals surface area contributed by atoms with Gasteiger partial charge in [0.1, 0.15) is 5.65 Å². The number of fused-ring (bicyclic) bond motifs is 2. The first-order chi connectivity index (χ1) is 16.9. The molecule has 0 radical (unpaired) electrons. The van der Waals surface area contributed by atoms with Gasteiger partial charge in [0.05, 0.1) is 0 Å². The molecule has 1 aliphatic rings. The lowest BCUT2D eigenvalue weighted by atomic mass is 9.98. The maximum Gasteiger partial charge on any atom is 0.254 e. The number of nitrogens with zero attached hydrogens (tertiary/aromatic N) is 3. The molecule has 2 N–H and O–H groups in total. The number of nitrogens with one attached hydrogen (secondary N) is 2. The minimum Gasteiger partial charge on any atom is -0.346 e. The van der Waals surface area contributed by atoms with Crippen molar-refractivity contribution in [3.05, 3.63) is 88.6 Å². The number of allylic oxidation sites excluding steroid dienone is 1. The second-order valence-corrected chi connectivity index (χ2v) is 9.01. The van der Waals surface area contributed by atoms with E-state index in [1.165, 1.54) is 0 Å². The number of pyridine rings is 2. The Balaban J connectivity index is 1.49. The van der Waals surface area contributed by atoms with E-state index in [9.17, 15) is 9.59 Å². The number of rotatable bonds is 6. The second kappa shape index (κ2) is 9.19. The Kier molecular flexibility index (Phi) is 5.93. The quantitative estimate of drug-likeness (QED) is 0.418. The van der Waals surface area contributed by atoms with Crippen molar-refractivity contribution in [1.29, 1.82) is 0 Å². The van der Waals surface area contributed by atoms with Crippen LogP contribution in [0.25, 0.3) is 39.4 Å². The first-order valence-electron chi connectivity index (χ1n) is 11.5. The third-order valence-corrected chi connectivity index (χ3v) is 6.15. The standard InChI is InChI=1S/C28H27N5O2/c1-32(2)12-6-11-26(34)31-20-8-4-7-18(13-20)19-14-23-24(16-30-27(23)29-15-19)25-17-33(3)28(35)22-10-5-9-21(22)25/h4-9,11,13-17H,10,12H2,1-3H3,(H,29,30)(H,31,34)/b11-6+. The number of benzene rings is 1. The summed E-state index contributed by atoms with van der Waals surface area (Å²) in [6, 6.07) is 9.83. The lowest BCUT2D eigenvalue weighted by molar-refractivity contribution is -0.111. The van der Waals surface area contributed by atoms with Crippen LogP contribution in [0.4, 0.5) is 5.69 Å². The molecule has 0 fully saturated rings. The summed E-state index contributed by atoms with van der Waals surface area (Å²) in [5.41, 5.74) is 7.25. The van der Waals surface area contributed by atoms with Crippen molar-refractivity contribution in [3.63, 3.8) is 0 Å². The third-order valence-electron chi connectivity index (χ3n) is 6.15. The molecular formula is C28H27N5O2. The van der Waals surface area contributed by atoms with Crippen LogP contribution in [0, 0.1) is 0 Å². The van der Waals surface area contributed by atoms with Crippen LogP contribution in [0.15, 0.2) is 71.9 Å². The number of amides is 1. The topological polar surface area (TPSA) is 83.0 Å². The fourth-order valence-corrected chi connectivity index (χ4v) is 4.42. The summed E-state index contributed by atoms with van der Waals surface area (Å²) in [7, 11) is 5.70. The highest BCUT2D eigenvalue weighted by atomic mass is 16.1. The lowest BCUT2D eigenvalue weighted by Crippen LogP contribution is -2.21. The summed E-state index contributed by atoms with van der Waals surface area (Å²) >= 11 is 0. The molecule has 5 rings (SSSR count). The van der Waals surface area contributed by atoms with Gasteiger partial charge in [0.15, 0.2) is 0 Å². The van der Waals surface area contributed by atoms with E-state index in [-0.39, 0.29) is 11.5 Å². The third kappa shape index (κ3) is 4.46. The lowest BCUT2D eigenvalue weighted by Gasteiger charge is -2.10. The summed E-state index contributed by atoms with van der Waals surface area (Å²) in [5.74, 6) is -0.165. The van der Waals surface area contributed by atoms with Crippen LogP contribution in [-0.2, 0) is 18.3 Å². The van der Waals surface area contributed by atoms with Gasteiger partial charge in [0.2, 0.25) is 5.91 Å². The Hall–Kier alpha value is -4.23. The Morgan fingerprint density at radius 1 is 1.23 bits per heavy atom. The second-order valence-electron chi connectivity index (χ2n) is 9.01. The minimum absolute atomic E-state index is 0.0443. The molecule has 0 aliphatic heterocycles. The molecule has 3 heterocycles. The highest BCUT2D eigenvalue weighted by Crippen LogP contribution is 2.35. The van der Waals surface area contributed by atoms with Crippen LogP contribution in [0.5, 0.6) is 0 Å². The molecule has 176 valence electrons. The van der Waals surface area contributed by atoms with Crippen molar-refractivity contribution < 1.29 is 4.79 Å². The number of carbonyl (C=O) groups is 1. The zero-order chi connectivity index (χ0) is 24.5. The highest BCUT2D eigenvalue weighted by molar-refractivity contribution is 6.00. The Morgan fingerprint density at radius 3 is 2.91 bits per heavy atom. The zero-order valence-corrected chi connectivity index (χ0v) is 20.0. The fourth-order valence-electron chi connectivity index (χ4n) is 4.42. The van der Waals surface area contributed by atoms with Crippen molar-refractivity contribution in [3.8, 4) is 22.3 Å². The monoisotopic (exact) mass is 465 g/mol. The SMILES string of the molecule is CN(C)C/C=C/C(=O)Nc1cccc(-c2cnc3[nH]cc(-c4cn(C)c(=O)c5c4C=CC5)c3c2)c1. The molecule has 3 aromatic heterocycles. The first-order valence-corrected chi connectivity index (χ1v) is 11.5. The molecule has 1 amide bonds. The Labute approximate surface area is 203 Å². The summed E-state index contributed by atoms with van der Waals surface area (Å²) < 4.78 is 1.65. The van der Waals surface area contributed by atoms with Crippen molar-refractivity contribution in [1.82, 2.24) is 19.4 Å².